The SMILES string of the molecule is O=[N+]([O-])c1ccc(-[n+]2nc(-c3ccc(S(=O)(=O)[O-])cc3OS(=O)[O-])nn2-c2ccc(I)cc2)c([N+](=O)[O-])c1. The van der Waals surface area contributed by atoms with Crippen molar-refractivity contribution in [2.75, 3.05) is 0 Å². The molecular weight excluding hydrogens is 663 g/mol. The Labute approximate surface area is 228 Å². The van der Waals surface area contributed by atoms with Crippen molar-refractivity contribution in [3.05, 3.63) is 84.5 Å². The molecule has 16 nitrogen and oxygen atoms in total. The zero-order valence-electron chi connectivity index (χ0n) is 18.2. The summed E-state index contributed by atoms with van der Waals surface area (Å²) in [5.74, 6) is -0.910. The van der Waals surface area contributed by atoms with Crippen molar-refractivity contribution in [2.24, 2.45) is 0 Å². The second kappa shape index (κ2) is 10.4. The lowest BCUT2D eigenvalue weighted by atomic mass is 10.2. The molecule has 1 atom stereocenters. The molecule has 1 aromatic heterocycles. The molecule has 4 rings (SSSR count). The Kier molecular flexibility index (Phi) is 7.46. The van der Waals surface area contributed by atoms with Crippen molar-refractivity contribution in [1.82, 2.24) is 15.0 Å². The van der Waals surface area contributed by atoms with Gasteiger partial charge in [0.1, 0.15) is 27.2 Å². The van der Waals surface area contributed by atoms with Gasteiger partial charge in [0, 0.05) is 26.6 Å². The summed E-state index contributed by atoms with van der Waals surface area (Å²) in [4.78, 5) is 22.5. The highest BCUT2D eigenvalue weighted by Crippen LogP contribution is 2.31. The van der Waals surface area contributed by atoms with Gasteiger partial charge < -0.3 is 13.3 Å². The fourth-order valence-electron chi connectivity index (χ4n) is 3.22. The Morgan fingerprint density at radius 3 is 2.26 bits per heavy atom. The van der Waals surface area contributed by atoms with Gasteiger partial charge in [0.25, 0.3) is 11.4 Å². The molecule has 196 valence electrons. The second-order valence-corrected chi connectivity index (χ2v) is 10.4. The molecular formula is C19H10IN6O10S2-. The number of benzene rings is 3. The maximum absolute atomic E-state index is 11.8. The Morgan fingerprint density at radius 2 is 1.68 bits per heavy atom. The van der Waals surface area contributed by atoms with Crippen LogP contribution in [0.1, 0.15) is 0 Å². The number of non-ortho nitro benzene ring substituents is 1. The minimum atomic E-state index is -4.99. The third-order valence-electron chi connectivity index (χ3n) is 4.84. The Balaban J connectivity index is 2.01. The quantitative estimate of drug-likeness (QED) is 0.0650. The Morgan fingerprint density at radius 1 is 1.00 bits per heavy atom. The van der Waals surface area contributed by atoms with Gasteiger partial charge in [0.15, 0.2) is 5.75 Å². The minimum absolute atomic E-state index is 0.191. The van der Waals surface area contributed by atoms with E-state index in [0.29, 0.717) is 11.8 Å². The number of hydrogen-bond donors (Lipinski definition) is 0. The van der Waals surface area contributed by atoms with Crippen molar-refractivity contribution in [2.45, 2.75) is 4.90 Å². The minimum Gasteiger partial charge on any atom is -0.744 e. The van der Waals surface area contributed by atoms with E-state index in [-0.39, 0.29) is 17.1 Å². The molecule has 38 heavy (non-hydrogen) atoms. The van der Waals surface area contributed by atoms with Gasteiger partial charge in [-0.05, 0) is 68.9 Å². The fourth-order valence-corrected chi connectivity index (χ4v) is 4.35. The van der Waals surface area contributed by atoms with Crippen LogP contribution < -0.4 is 8.98 Å². The summed E-state index contributed by atoms with van der Waals surface area (Å²) in [7, 11) is -4.99. The highest BCUT2D eigenvalue weighted by atomic mass is 127. The second-order valence-electron chi connectivity index (χ2n) is 7.17. The van der Waals surface area contributed by atoms with Gasteiger partial charge in [0.2, 0.25) is 0 Å². The number of halogens is 1. The van der Waals surface area contributed by atoms with Crippen LogP contribution in [0, 0.1) is 23.8 Å². The molecule has 4 aromatic rings. The first-order valence-electron chi connectivity index (χ1n) is 9.82. The molecule has 0 spiro atoms. The number of nitro benzene ring substituents is 2. The van der Waals surface area contributed by atoms with Crippen molar-refractivity contribution in [1.29, 1.82) is 0 Å². The molecule has 0 aliphatic rings. The van der Waals surface area contributed by atoms with Gasteiger partial charge in [-0.15, -0.1) is 0 Å². The van der Waals surface area contributed by atoms with E-state index in [1.165, 1.54) is 0 Å². The maximum atomic E-state index is 11.8. The van der Waals surface area contributed by atoms with Crippen LogP contribution in [-0.4, -0.2) is 46.6 Å². The standard InChI is InChI=1S/C19H11IN6O10S2/c20-11-1-3-12(4-2-11)23-21-19(15-7-6-14(38(33,34)35)10-18(15)36-37(31)32)22-24(23)16-8-5-13(25(27)28)9-17(16)26(29)30/h1-10H,(H-,31,32,33,34,35)/p-1. The van der Waals surface area contributed by atoms with E-state index < -0.39 is 53.3 Å². The molecule has 0 N–H and O–H groups in total. The van der Waals surface area contributed by atoms with Crippen molar-refractivity contribution in [3.63, 3.8) is 0 Å². The van der Waals surface area contributed by atoms with E-state index >= 15 is 0 Å². The fraction of sp³-hybridized carbons (Fsp3) is 0. The summed E-state index contributed by atoms with van der Waals surface area (Å²) >= 11 is -1.15. The summed E-state index contributed by atoms with van der Waals surface area (Å²) in [5.41, 5.74) is -1.36. The average molecular weight is 673 g/mol. The number of nitro groups is 2. The van der Waals surface area contributed by atoms with E-state index in [0.717, 1.165) is 43.5 Å². The summed E-state index contributed by atoms with van der Waals surface area (Å²) < 4.78 is 62.3. The molecule has 0 aliphatic heterocycles. The molecule has 0 aliphatic carbocycles. The first-order valence-corrected chi connectivity index (χ1v) is 13.3. The highest BCUT2D eigenvalue weighted by molar-refractivity contribution is 14.1. The van der Waals surface area contributed by atoms with Crippen LogP contribution in [-0.2, 0) is 21.5 Å². The van der Waals surface area contributed by atoms with Crippen LogP contribution in [0.25, 0.3) is 22.8 Å². The average Bonchev–Trinajstić information content (AvgIpc) is 3.28. The predicted molar refractivity (Wildman–Crippen MR) is 132 cm³/mol. The third-order valence-corrected chi connectivity index (χ3v) is 6.70. The Bertz CT molecular complexity index is 1730. The topological polar surface area (TPSA) is 227 Å². The van der Waals surface area contributed by atoms with Gasteiger partial charge in [-0.3, -0.25) is 20.2 Å². The molecule has 0 saturated heterocycles. The van der Waals surface area contributed by atoms with Crippen LogP contribution in [0.4, 0.5) is 11.4 Å². The highest BCUT2D eigenvalue weighted by Gasteiger charge is 2.32. The molecule has 1 unspecified atom stereocenters. The summed E-state index contributed by atoms with van der Waals surface area (Å²) in [6.45, 7) is 0. The van der Waals surface area contributed by atoms with Gasteiger partial charge in [-0.1, -0.05) is 0 Å². The van der Waals surface area contributed by atoms with Crippen molar-refractivity contribution in [3.8, 4) is 28.5 Å². The maximum Gasteiger partial charge on any atom is 0.343 e. The van der Waals surface area contributed by atoms with E-state index in [4.69, 9.17) is 0 Å². The first-order chi connectivity index (χ1) is 17.8. The van der Waals surface area contributed by atoms with Crippen molar-refractivity contribution >= 4 is 55.4 Å². The number of nitrogens with zero attached hydrogens (tertiary/aromatic N) is 6. The van der Waals surface area contributed by atoms with Gasteiger partial charge in [0.05, 0.1) is 31.5 Å². The van der Waals surface area contributed by atoms with Gasteiger partial charge in [-0.25, -0.2) is 12.6 Å². The molecule has 1 heterocycles. The zero-order chi connectivity index (χ0) is 27.8. The Hall–Kier alpha value is -3.92. The number of tetrazole rings is 1. The van der Waals surface area contributed by atoms with Gasteiger partial charge >= 0.3 is 11.5 Å². The van der Waals surface area contributed by atoms with Crippen LogP contribution in [0.2, 0.25) is 0 Å². The van der Waals surface area contributed by atoms with Crippen LogP contribution >= 0.6 is 22.6 Å². The van der Waals surface area contributed by atoms with Crippen molar-refractivity contribution < 1.29 is 40.6 Å². The molecule has 3 aromatic carbocycles. The van der Waals surface area contributed by atoms with Crippen LogP contribution in [0.15, 0.2) is 65.6 Å². The third kappa shape index (κ3) is 5.65. The summed E-state index contributed by atoms with van der Waals surface area (Å²) in [5, 5.41) is 31.4. The molecule has 0 bridgehead atoms. The van der Waals surface area contributed by atoms with Gasteiger partial charge in [-0.2, -0.15) is 0 Å². The summed E-state index contributed by atoms with van der Waals surface area (Å²) in [6.07, 6.45) is 0. The van der Waals surface area contributed by atoms with E-state index in [1.807, 2.05) is 22.6 Å². The number of rotatable bonds is 8. The van der Waals surface area contributed by atoms with E-state index in [1.54, 1.807) is 24.3 Å². The largest absolute Gasteiger partial charge is 0.744 e. The number of aromatic nitrogens is 4. The normalized spacial score (nSPS) is 12.2. The van der Waals surface area contributed by atoms with E-state index in [2.05, 4.69) is 14.4 Å². The smallest absolute Gasteiger partial charge is 0.343 e. The molecule has 0 radical (unpaired) electrons. The molecule has 0 saturated carbocycles. The lowest BCUT2D eigenvalue weighted by Crippen LogP contribution is -2.43. The predicted octanol–water partition coefficient (Wildman–Crippen LogP) is 1.71. The number of hydrogen-bond acceptors (Lipinski definition) is 12. The molecule has 0 fully saturated rings. The lowest BCUT2D eigenvalue weighted by molar-refractivity contribution is -0.736. The summed E-state index contributed by atoms with van der Waals surface area (Å²) in [6, 6.07) is 12.0. The lowest BCUT2D eigenvalue weighted by Gasteiger charge is -2.12. The van der Waals surface area contributed by atoms with Crippen LogP contribution in [0.5, 0.6) is 5.75 Å². The first kappa shape index (κ1) is 27.1. The monoisotopic (exact) mass is 673 g/mol. The molecule has 0 amide bonds. The zero-order valence-corrected chi connectivity index (χ0v) is 22.0. The van der Waals surface area contributed by atoms with E-state index in [9.17, 15) is 42.0 Å². The molecule has 19 heteroatoms. The van der Waals surface area contributed by atoms with Crippen LogP contribution in [0.3, 0.4) is 0 Å².